The molecular weight excluding hydrogens is 479 g/mol. The van der Waals surface area contributed by atoms with Gasteiger partial charge in [0.1, 0.15) is 0 Å². The van der Waals surface area contributed by atoms with E-state index >= 15 is 0 Å². The van der Waals surface area contributed by atoms with Gasteiger partial charge in [0.2, 0.25) is 11.8 Å². The molecule has 1 N–H and O–H groups in total. The van der Waals surface area contributed by atoms with Crippen molar-refractivity contribution in [2.24, 2.45) is 7.05 Å². The highest BCUT2D eigenvalue weighted by atomic mass is 35.5. The molecule has 12 heteroatoms. The van der Waals surface area contributed by atoms with E-state index in [1.54, 1.807) is 11.6 Å². The molecule has 174 valence electrons. The Balaban J connectivity index is 1.55. The molecule has 0 fully saturated rings. The van der Waals surface area contributed by atoms with Crippen LogP contribution in [-0.4, -0.2) is 50.8 Å². The fourth-order valence-corrected chi connectivity index (χ4v) is 3.92. The summed E-state index contributed by atoms with van der Waals surface area (Å²) in [6, 6.07) is 12.5. The number of nitrogens with zero attached hydrogens (tertiary/aromatic N) is 4. The van der Waals surface area contributed by atoms with Crippen molar-refractivity contribution < 1.29 is 22.8 Å². The molecule has 0 aliphatic heterocycles. The molecule has 2 amide bonds. The van der Waals surface area contributed by atoms with Crippen molar-refractivity contribution in [3.63, 3.8) is 0 Å². The number of alkyl halides is 3. The Morgan fingerprint density at radius 2 is 1.85 bits per heavy atom. The summed E-state index contributed by atoms with van der Waals surface area (Å²) < 4.78 is 40.7. The van der Waals surface area contributed by atoms with E-state index in [1.807, 2.05) is 30.3 Å². The molecule has 0 unspecified atom stereocenters. The van der Waals surface area contributed by atoms with Gasteiger partial charge in [0.25, 0.3) is 0 Å². The van der Waals surface area contributed by atoms with Crippen molar-refractivity contribution in [2.75, 3.05) is 24.7 Å². The largest absolute Gasteiger partial charge is 0.417 e. The van der Waals surface area contributed by atoms with Crippen LogP contribution in [0.3, 0.4) is 0 Å². The van der Waals surface area contributed by atoms with Gasteiger partial charge in [0.15, 0.2) is 11.0 Å². The third-order valence-electron chi connectivity index (χ3n) is 4.55. The highest BCUT2D eigenvalue weighted by molar-refractivity contribution is 7.99. The molecule has 33 heavy (non-hydrogen) atoms. The number of carbonyl (C=O) groups excluding carboxylic acids is 2. The Morgan fingerprint density at radius 1 is 1.15 bits per heavy atom. The average molecular weight is 498 g/mol. The first-order valence-corrected chi connectivity index (χ1v) is 10.9. The van der Waals surface area contributed by atoms with Crippen molar-refractivity contribution in [3.8, 4) is 11.4 Å². The van der Waals surface area contributed by atoms with Gasteiger partial charge in [-0.1, -0.05) is 53.7 Å². The molecular formula is C21H19ClF3N5O2S. The molecule has 0 aliphatic carbocycles. The van der Waals surface area contributed by atoms with E-state index in [0.717, 1.165) is 29.5 Å². The average Bonchev–Trinajstić information content (AvgIpc) is 3.13. The molecule has 3 rings (SSSR count). The number of rotatable bonds is 7. The number of hydrogen-bond acceptors (Lipinski definition) is 5. The lowest BCUT2D eigenvalue weighted by atomic mass is 10.2. The molecule has 1 aromatic heterocycles. The van der Waals surface area contributed by atoms with Crippen molar-refractivity contribution in [1.29, 1.82) is 0 Å². The van der Waals surface area contributed by atoms with E-state index in [4.69, 9.17) is 11.6 Å². The highest BCUT2D eigenvalue weighted by Crippen LogP contribution is 2.36. The second kappa shape index (κ2) is 10.3. The van der Waals surface area contributed by atoms with Crippen LogP contribution in [0.15, 0.2) is 53.7 Å². The van der Waals surface area contributed by atoms with Crippen LogP contribution in [0.1, 0.15) is 5.56 Å². The third-order valence-corrected chi connectivity index (χ3v) is 5.89. The van der Waals surface area contributed by atoms with Gasteiger partial charge >= 0.3 is 6.18 Å². The van der Waals surface area contributed by atoms with Gasteiger partial charge in [-0.2, -0.15) is 13.2 Å². The van der Waals surface area contributed by atoms with Crippen molar-refractivity contribution >= 4 is 40.9 Å². The molecule has 0 bridgehead atoms. The quantitative estimate of drug-likeness (QED) is 0.491. The molecule has 0 radical (unpaired) electrons. The molecule has 3 aromatic rings. The summed E-state index contributed by atoms with van der Waals surface area (Å²) in [5.41, 5.74) is -0.240. The zero-order chi connectivity index (χ0) is 24.2. The second-order valence-corrected chi connectivity index (χ2v) is 8.36. The minimum Gasteiger partial charge on any atom is -0.336 e. The molecule has 0 saturated carbocycles. The summed E-state index contributed by atoms with van der Waals surface area (Å²) in [7, 11) is 3.21. The maximum Gasteiger partial charge on any atom is 0.417 e. The maximum atomic E-state index is 13.0. The topological polar surface area (TPSA) is 80.1 Å². The zero-order valence-corrected chi connectivity index (χ0v) is 19.1. The van der Waals surface area contributed by atoms with Crippen LogP contribution in [-0.2, 0) is 22.8 Å². The summed E-state index contributed by atoms with van der Waals surface area (Å²) in [6.07, 6.45) is -4.65. The number of anilines is 1. The summed E-state index contributed by atoms with van der Waals surface area (Å²) >= 11 is 6.74. The van der Waals surface area contributed by atoms with E-state index in [-0.39, 0.29) is 23.9 Å². The van der Waals surface area contributed by atoms with Crippen molar-refractivity contribution in [3.05, 3.63) is 59.1 Å². The minimum atomic E-state index is -4.65. The van der Waals surface area contributed by atoms with Crippen LogP contribution < -0.4 is 5.32 Å². The lowest BCUT2D eigenvalue weighted by Gasteiger charge is -2.17. The van der Waals surface area contributed by atoms with E-state index in [9.17, 15) is 22.8 Å². The minimum absolute atomic E-state index is 0.00368. The second-order valence-electron chi connectivity index (χ2n) is 7.01. The number of halogens is 4. The summed E-state index contributed by atoms with van der Waals surface area (Å²) in [6.45, 7) is -0.336. The smallest absolute Gasteiger partial charge is 0.336 e. The van der Waals surface area contributed by atoms with Crippen LogP contribution >= 0.6 is 23.4 Å². The predicted molar refractivity (Wildman–Crippen MR) is 120 cm³/mol. The maximum absolute atomic E-state index is 13.0. The monoisotopic (exact) mass is 497 g/mol. The lowest BCUT2D eigenvalue weighted by Crippen LogP contribution is -2.36. The predicted octanol–water partition coefficient (Wildman–Crippen LogP) is 4.34. The Hall–Kier alpha value is -3.05. The van der Waals surface area contributed by atoms with Crippen LogP contribution in [0.5, 0.6) is 0 Å². The molecule has 0 aliphatic rings. The SMILES string of the molecule is CN(CC(=O)Nc1ccc(Cl)c(C(F)(F)F)c1)C(=O)CSc1nnc(-c2ccccc2)n1C. The summed E-state index contributed by atoms with van der Waals surface area (Å²) in [5, 5.41) is 10.7. The molecule has 1 heterocycles. The Labute approximate surface area is 196 Å². The standard InChI is InChI=1S/C21H19ClF3N5O2S/c1-29(11-17(31)26-14-8-9-16(22)15(10-14)21(23,24)25)18(32)12-33-20-28-27-19(30(20)2)13-6-4-3-5-7-13/h3-10H,11-12H2,1-2H3,(H,26,31). The third kappa shape index (κ3) is 6.26. The van der Waals surface area contributed by atoms with Gasteiger partial charge in [-0.25, -0.2) is 0 Å². The fraction of sp³-hybridized carbons (Fsp3) is 0.238. The van der Waals surface area contributed by atoms with Crippen LogP contribution in [0, 0.1) is 0 Å². The van der Waals surface area contributed by atoms with Crippen molar-refractivity contribution in [2.45, 2.75) is 11.3 Å². The first kappa shape index (κ1) is 24.6. The summed E-state index contributed by atoms with van der Waals surface area (Å²) in [4.78, 5) is 25.8. The molecule has 0 atom stereocenters. The van der Waals surface area contributed by atoms with E-state index < -0.39 is 22.7 Å². The van der Waals surface area contributed by atoms with Gasteiger partial charge in [0.05, 0.1) is 22.9 Å². The number of hydrogen-bond donors (Lipinski definition) is 1. The van der Waals surface area contributed by atoms with E-state index in [2.05, 4.69) is 15.5 Å². The number of thioether (sulfide) groups is 1. The van der Waals surface area contributed by atoms with Gasteiger partial charge < -0.3 is 14.8 Å². The highest BCUT2D eigenvalue weighted by Gasteiger charge is 2.33. The van der Waals surface area contributed by atoms with Gasteiger partial charge in [-0.3, -0.25) is 9.59 Å². The number of aromatic nitrogens is 3. The Morgan fingerprint density at radius 3 is 2.52 bits per heavy atom. The lowest BCUT2D eigenvalue weighted by molar-refractivity contribution is -0.137. The van der Waals surface area contributed by atoms with Crippen LogP contribution in [0.25, 0.3) is 11.4 Å². The number of likely N-dealkylation sites (N-methyl/N-ethyl adjacent to an activating group) is 1. The van der Waals surface area contributed by atoms with Crippen molar-refractivity contribution in [1.82, 2.24) is 19.7 Å². The van der Waals surface area contributed by atoms with Gasteiger partial charge in [-0.15, -0.1) is 10.2 Å². The molecule has 0 saturated heterocycles. The van der Waals surface area contributed by atoms with Gasteiger partial charge in [0, 0.05) is 25.3 Å². The number of nitrogens with one attached hydrogen (secondary N) is 1. The van der Waals surface area contributed by atoms with Gasteiger partial charge in [-0.05, 0) is 18.2 Å². The molecule has 0 spiro atoms. The van der Waals surface area contributed by atoms with E-state index in [0.29, 0.717) is 11.0 Å². The van der Waals surface area contributed by atoms with Crippen LogP contribution in [0.2, 0.25) is 5.02 Å². The number of carbonyl (C=O) groups is 2. The van der Waals surface area contributed by atoms with Crippen LogP contribution in [0.4, 0.5) is 18.9 Å². The molecule has 7 nitrogen and oxygen atoms in total. The number of benzene rings is 2. The number of amides is 2. The first-order valence-electron chi connectivity index (χ1n) is 9.54. The summed E-state index contributed by atoms with van der Waals surface area (Å²) in [5.74, 6) is -0.341. The Kier molecular flexibility index (Phi) is 7.65. The van der Waals surface area contributed by atoms with E-state index in [1.165, 1.54) is 18.0 Å². The normalized spacial score (nSPS) is 11.3. The fourth-order valence-electron chi connectivity index (χ4n) is 2.84. The Bertz CT molecular complexity index is 1150. The molecule has 2 aromatic carbocycles. The zero-order valence-electron chi connectivity index (χ0n) is 17.6. The first-order chi connectivity index (χ1) is 15.6.